The van der Waals surface area contributed by atoms with Gasteiger partial charge in [0.15, 0.2) is 0 Å². The summed E-state index contributed by atoms with van der Waals surface area (Å²) in [5.74, 6) is -0.422. The summed E-state index contributed by atoms with van der Waals surface area (Å²) < 4.78 is 5.07. The summed E-state index contributed by atoms with van der Waals surface area (Å²) in [7, 11) is 0. The normalized spacial score (nSPS) is 12.5. The van der Waals surface area contributed by atoms with E-state index in [9.17, 15) is 4.79 Å². The van der Waals surface area contributed by atoms with Gasteiger partial charge in [-0.3, -0.25) is 4.79 Å². The van der Waals surface area contributed by atoms with Crippen LogP contribution in [0.15, 0.2) is 0 Å². The summed E-state index contributed by atoms with van der Waals surface area (Å²) in [6.07, 6.45) is 1.25. The second-order valence-electron chi connectivity index (χ2n) is 4.38. The van der Waals surface area contributed by atoms with Crippen molar-refractivity contribution in [2.75, 3.05) is 6.54 Å². The highest BCUT2D eigenvalue weighted by Crippen LogP contribution is 2.09. The smallest absolute Gasteiger partial charge is 0.310 e. The molecule has 86 valence electrons. The van der Waals surface area contributed by atoms with Gasteiger partial charge in [-0.15, -0.1) is 0 Å². The summed E-state index contributed by atoms with van der Waals surface area (Å²) >= 11 is 0. The Bertz CT molecular complexity index is 150. The predicted octanol–water partition coefficient (Wildman–Crippen LogP) is 2.34. The van der Waals surface area contributed by atoms with Crippen molar-refractivity contribution < 1.29 is 9.53 Å². The minimum Gasteiger partial charge on any atom is -0.460 e. The van der Waals surface area contributed by atoms with Crippen LogP contribution in [0.5, 0.6) is 0 Å². The van der Waals surface area contributed by atoms with E-state index in [0.717, 1.165) is 0 Å². The van der Waals surface area contributed by atoms with E-state index in [1.165, 1.54) is 6.42 Å². The average Bonchev–Trinajstić information content (AvgIpc) is 2.01. The number of carbonyl (C=O) groups excluding carboxylic acids is 1. The Hall–Kier alpha value is -0.570. The SMILES string of the molecule is CC(CN)C(=O)OC(C)(C)C.CCC. The molecule has 0 aliphatic carbocycles. The number of hydrogen-bond acceptors (Lipinski definition) is 3. The maximum atomic E-state index is 11.1. The van der Waals surface area contributed by atoms with Gasteiger partial charge in [-0.05, 0) is 20.8 Å². The van der Waals surface area contributed by atoms with Gasteiger partial charge in [-0.1, -0.05) is 27.2 Å². The number of nitrogens with two attached hydrogens (primary N) is 1. The molecular weight excluding hydrogens is 178 g/mol. The van der Waals surface area contributed by atoms with E-state index >= 15 is 0 Å². The molecule has 0 saturated heterocycles. The van der Waals surface area contributed by atoms with Crippen molar-refractivity contribution in [3.8, 4) is 0 Å². The van der Waals surface area contributed by atoms with Gasteiger partial charge in [0.2, 0.25) is 0 Å². The maximum Gasteiger partial charge on any atom is 0.310 e. The van der Waals surface area contributed by atoms with Crippen LogP contribution in [0, 0.1) is 5.92 Å². The average molecular weight is 203 g/mol. The quantitative estimate of drug-likeness (QED) is 0.701. The van der Waals surface area contributed by atoms with E-state index in [4.69, 9.17) is 10.5 Å². The fraction of sp³-hybridized carbons (Fsp3) is 0.909. The molecule has 0 aromatic carbocycles. The first kappa shape index (κ1) is 15.9. The van der Waals surface area contributed by atoms with Crippen LogP contribution in [0.2, 0.25) is 0 Å². The fourth-order valence-corrected chi connectivity index (χ4v) is 0.499. The molecule has 3 heteroatoms. The molecule has 0 aromatic rings. The lowest BCUT2D eigenvalue weighted by atomic mass is 10.1. The van der Waals surface area contributed by atoms with Crippen LogP contribution < -0.4 is 5.73 Å². The summed E-state index contributed by atoms with van der Waals surface area (Å²) in [6, 6.07) is 0. The molecule has 0 aromatic heterocycles. The number of carbonyl (C=O) groups is 1. The predicted molar refractivity (Wildman–Crippen MR) is 60.0 cm³/mol. The van der Waals surface area contributed by atoms with Crippen molar-refractivity contribution in [1.82, 2.24) is 0 Å². The van der Waals surface area contributed by atoms with Crippen LogP contribution in [0.25, 0.3) is 0 Å². The van der Waals surface area contributed by atoms with E-state index < -0.39 is 5.60 Å². The molecule has 0 radical (unpaired) electrons. The Morgan fingerprint density at radius 2 is 1.71 bits per heavy atom. The number of ether oxygens (including phenoxy) is 1. The van der Waals surface area contributed by atoms with Crippen LogP contribution in [-0.2, 0) is 9.53 Å². The van der Waals surface area contributed by atoms with Gasteiger partial charge >= 0.3 is 5.97 Å². The molecule has 0 spiro atoms. The lowest BCUT2D eigenvalue weighted by Gasteiger charge is -2.21. The summed E-state index contributed by atoms with van der Waals surface area (Å²) in [5.41, 5.74) is 4.89. The minimum absolute atomic E-state index is 0.200. The zero-order chi connectivity index (χ0) is 11.8. The van der Waals surface area contributed by atoms with Crippen LogP contribution in [0.4, 0.5) is 0 Å². The highest BCUT2D eigenvalue weighted by Gasteiger charge is 2.20. The second-order valence-corrected chi connectivity index (χ2v) is 4.38. The molecule has 1 unspecified atom stereocenters. The third kappa shape index (κ3) is 11.4. The third-order valence-corrected chi connectivity index (χ3v) is 1.16. The van der Waals surface area contributed by atoms with Gasteiger partial charge in [0, 0.05) is 6.54 Å². The molecule has 0 fully saturated rings. The van der Waals surface area contributed by atoms with Crippen molar-refractivity contribution in [1.29, 1.82) is 0 Å². The topological polar surface area (TPSA) is 52.3 Å². The van der Waals surface area contributed by atoms with Gasteiger partial charge in [0.25, 0.3) is 0 Å². The molecule has 1 atom stereocenters. The molecule has 2 N–H and O–H groups in total. The Balaban J connectivity index is 0. The van der Waals surface area contributed by atoms with Crippen LogP contribution in [0.1, 0.15) is 48.0 Å². The van der Waals surface area contributed by atoms with Crippen LogP contribution in [-0.4, -0.2) is 18.1 Å². The lowest BCUT2D eigenvalue weighted by molar-refractivity contribution is -0.158. The Kier molecular flexibility index (Phi) is 8.85. The molecule has 0 aliphatic rings. The molecular formula is C11H25NO2. The molecule has 14 heavy (non-hydrogen) atoms. The molecule has 0 heterocycles. The van der Waals surface area contributed by atoms with Gasteiger partial charge in [-0.2, -0.15) is 0 Å². The number of rotatable bonds is 2. The Morgan fingerprint density at radius 1 is 1.36 bits per heavy atom. The van der Waals surface area contributed by atoms with Crippen molar-refractivity contribution in [2.24, 2.45) is 11.7 Å². The first-order valence-electron chi connectivity index (χ1n) is 5.21. The zero-order valence-corrected chi connectivity index (χ0v) is 10.4. The van der Waals surface area contributed by atoms with Crippen molar-refractivity contribution in [2.45, 2.75) is 53.6 Å². The van der Waals surface area contributed by atoms with Crippen LogP contribution in [0.3, 0.4) is 0 Å². The third-order valence-electron chi connectivity index (χ3n) is 1.16. The van der Waals surface area contributed by atoms with Gasteiger partial charge in [0.1, 0.15) is 5.60 Å². The van der Waals surface area contributed by atoms with Crippen LogP contribution >= 0.6 is 0 Å². The van der Waals surface area contributed by atoms with Crippen molar-refractivity contribution in [3.05, 3.63) is 0 Å². The van der Waals surface area contributed by atoms with E-state index in [2.05, 4.69) is 13.8 Å². The molecule has 0 amide bonds. The van der Waals surface area contributed by atoms with Crippen molar-refractivity contribution in [3.63, 3.8) is 0 Å². The van der Waals surface area contributed by atoms with E-state index in [1.807, 2.05) is 20.8 Å². The van der Waals surface area contributed by atoms with Gasteiger partial charge < -0.3 is 10.5 Å². The summed E-state index contributed by atoms with van der Waals surface area (Å²) in [6.45, 7) is 11.9. The minimum atomic E-state index is -0.402. The molecule has 0 saturated carbocycles. The zero-order valence-electron chi connectivity index (χ0n) is 10.4. The van der Waals surface area contributed by atoms with E-state index in [1.54, 1.807) is 6.92 Å². The number of hydrogen-bond donors (Lipinski definition) is 1. The monoisotopic (exact) mass is 203 g/mol. The molecule has 0 rings (SSSR count). The van der Waals surface area contributed by atoms with E-state index in [-0.39, 0.29) is 11.9 Å². The Morgan fingerprint density at radius 3 is 1.93 bits per heavy atom. The lowest BCUT2D eigenvalue weighted by Crippen LogP contribution is -2.30. The molecule has 0 aliphatic heterocycles. The highest BCUT2D eigenvalue weighted by molar-refractivity contribution is 5.72. The van der Waals surface area contributed by atoms with Crippen molar-refractivity contribution >= 4 is 5.97 Å². The largest absolute Gasteiger partial charge is 0.460 e. The number of esters is 1. The summed E-state index contributed by atoms with van der Waals surface area (Å²) in [5, 5.41) is 0. The fourth-order valence-electron chi connectivity index (χ4n) is 0.499. The first-order valence-corrected chi connectivity index (χ1v) is 5.21. The van der Waals surface area contributed by atoms with E-state index in [0.29, 0.717) is 6.54 Å². The second kappa shape index (κ2) is 7.80. The molecule has 3 nitrogen and oxygen atoms in total. The highest BCUT2D eigenvalue weighted by atomic mass is 16.6. The van der Waals surface area contributed by atoms with Gasteiger partial charge in [0.05, 0.1) is 5.92 Å². The maximum absolute atomic E-state index is 11.1. The molecule has 0 bridgehead atoms. The Labute approximate surface area is 88.0 Å². The standard InChI is InChI=1S/C8H17NO2.C3H8/c1-6(5-9)7(10)11-8(2,3)4;1-3-2/h6H,5,9H2,1-4H3;3H2,1-2H3. The van der Waals surface area contributed by atoms with Gasteiger partial charge in [-0.25, -0.2) is 0 Å². The summed E-state index contributed by atoms with van der Waals surface area (Å²) in [4.78, 5) is 11.1. The first-order chi connectivity index (χ1) is 6.28.